The van der Waals surface area contributed by atoms with Gasteiger partial charge in [0.2, 0.25) is 10.0 Å². The lowest BCUT2D eigenvalue weighted by Crippen LogP contribution is -2.26. The maximum Gasteiger partial charge on any atom is 0.245 e. The number of aromatic nitrogens is 1. The summed E-state index contributed by atoms with van der Waals surface area (Å²) in [5, 5.41) is 3.37. The number of rotatable bonds is 6. The second kappa shape index (κ2) is 5.37. The summed E-state index contributed by atoms with van der Waals surface area (Å²) in [6, 6.07) is 2.30. The van der Waals surface area contributed by atoms with Crippen LogP contribution < -0.4 is 5.32 Å². The molecule has 1 aliphatic rings. The topological polar surface area (TPSA) is 54.3 Å². The van der Waals surface area contributed by atoms with Crippen molar-refractivity contribution in [1.82, 2.24) is 14.2 Å². The molecule has 1 N–H and O–H groups in total. The standard InChI is InChI=1S/C13H19N3O2S/c1-4-7-16(3)19(17,18)13-8-12(15(2)10-13)9-14-11-5-6-11/h1,8,10-11,14H,5-7,9H2,2-3H3. The summed E-state index contributed by atoms with van der Waals surface area (Å²) in [7, 11) is -0.142. The number of aryl methyl sites for hydroxylation is 1. The van der Waals surface area contributed by atoms with Gasteiger partial charge in [0.1, 0.15) is 4.90 Å². The molecular formula is C13H19N3O2S. The van der Waals surface area contributed by atoms with E-state index in [9.17, 15) is 8.42 Å². The van der Waals surface area contributed by atoms with Crippen LogP contribution in [0.25, 0.3) is 0 Å². The highest BCUT2D eigenvalue weighted by molar-refractivity contribution is 7.89. The van der Waals surface area contributed by atoms with Gasteiger partial charge >= 0.3 is 0 Å². The van der Waals surface area contributed by atoms with Crippen molar-refractivity contribution >= 4 is 10.0 Å². The first-order valence-corrected chi connectivity index (χ1v) is 7.67. The summed E-state index contributed by atoms with van der Waals surface area (Å²) in [6.07, 6.45) is 9.20. The molecule has 104 valence electrons. The lowest BCUT2D eigenvalue weighted by Gasteiger charge is -2.12. The lowest BCUT2D eigenvalue weighted by molar-refractivity contribution is 0.503. The van der Waals surface area contributed by atoms with Crippen molar-refractivity contribution in [1.29, 1.82) is 0 Å². The van der Waals surface area contributed by atoms with Crippen molar-refractivity contribution in [2.75, 3.05) is 13.6 Å². The lowest BCUT2D eigenvalue weighted by atomic mass is 10.4. The van der Waals surface area contributed by atoms with E-state index in [1.54, 1.807) is 12.3 Å². The Bertz CT molecular complexity index is 594. The molecule has 1 aliphatic carbocycles. The van der Waals surface area contributed by atoms with Crippen LogP contribution in [-0.2, 0) is 23.6 Å². The number of terminal acetylenes is 1. The first-order chi connectivity index (χ1) is 8.95. The van der Waals surface area contributed by atoms with E-state index in [-0.39, 0.29) is 6.54 Å². The minimum absolute atomic E-state index is 0.0763. The van der Waals surface area contributed by atoms with Gasteiger partial charge in [0, 0.05) is 38.6 Å². The molecule has 5 nitrogen and oxygen atoms in total. The average molecular weight is 281 g/mol. The second-order valence-corrected chi connectivity index (χ2v) is 6.94. The molecule has 1 fully saturated rings. The Morgan fingerprint density at radius 2 is 2.26 bits per heavy atom. The van der Waals surface area contributed by atoms with Crippen LogP contribution in [0.15, 0.2) is 17.2 Å². The van der Waals surface area contributed by atoms with Crippen molar-refractivity contribution in [2.24, 2.45) is 7.05 Å². The van der Waals surface area contributed by atoms with Crippen molar-refractivity contribution in [3.63, 3.8) is 0 Å². The maximum atomic E-state index is 12.2. The fourth-order valence-electron chi connectivity index (χ4n) is 1.82. The predicted molar refractivity (Wildman–Crippen MR) is 73.9 cm³/mol. The van der Waals surface area contributed by atoms with Gasteiger partial charge in [0.25, 0.3) is 0 Å². The number of nitrogens with zero attached hydrogens (tertiary/aromatic N) is 2. The Hall–Kier alpha value is -1.29. The number of sulfonamides is 1. The third kappa shape index (κ3) is 3.18. The maximum absolute atomic E-state index is 12.2. The van der Waals surface area contributed by atoms with Gasteiger partial charge in [-0.15, -0.1) is 6.42 Å². The van der Waals surface area contributed by atoms with Crippen LogP contribution >= 0.6 is 0 Å². The molecule has 0 radical (unpaired) electrons. The van der Waals surface area contributed by atoms with Crippen molar-refractivity contribution in [2.45, 2.75) is 30.3 Å². The van der Waals surface area contributed by atoms with E-state index >= 15 is 0 Å². The monoisotopic (exact) mass is 281 g/mol. The Labute approximate surface area is 114 Å². The zero-order valence-electron chi connectivity index (χ0n) is 11.3. The van der Waals surface area contributed by atoms with E-state index in [2.05, 4.69) is 11.2 Å². The van der Waals surface area contributed by atoms with Gasteiger partial charge in [-0.3, -0.25) is 0 Å². The third-order valence-electron chi connectivity index (χ3n) is 3.25. The Kier molecular flexibility index (Phi) is 3.99. The SMILES string of the molecule is C#CCN(C)S(=O)(=O)c1cc(CNC2CC2)n(C)c1. The molecule has 0 bridgehead atoms. The highest BCUT2D eigenvalue weighted by Gasteiger charge is 2.24. The minimum atomic E-state index is -3.48. The molecule has 1 saturated carbocycles. The zero-order valence-corrected chi connectivity index (χ0v) is 12.1. The summed E-state index contributed by atoms with van der Waals surface area (Å²) in [5.41, 5.74) is 0.958. The second-order valence-electron chi connectivity index (χ2n) is 4.90. The Morgan fingerprint density at radius 3 is 2.84 bits per heavy atom. The predicted octanol–water partition coefficient (Wildman–Crippen LogP) is 0.531. The van der Waals surface area contributed by atoms with Crippen molar-refractivity contribution in [3.8, 4) is 12.3 Å². The fraction of sp³-hybridized carbons (Fsp3) is 0.538. The summed E-state index contributed by atoms with van der Waals surface area (Å²) in [5.74, 6) is 2.34. The molecule has 0 unspecified atom stereocenters. The molecule has 0 spiro atoms. The molecule has 0 atom stereocenters. The summed E-state index contributed by atoms with van der Waals surface area (Å²) in [6.45, 7) is 0.766. The minimum Gasteiger partial charge on any atom is -0.352 e. The van der Waals surface area contributed by atoms with Crippen molar-refractivity contribution in [3.05, 3.63) is 18.0 Å². The van der Waals surface area contributed by atoms with Crippen molar-refractivity contribution < 1.29 is 8.42 Å². The van der Waals surface area contributed by atoms with Gasteiger partial charge in [-0.1, -0.05) is 5.92 Å². The molecule has 2 rings (SSSR count). The van der Waals surface area contributed by atoms with Gasteiger partial charge in [0.15, 0.2) is 0 Å². The van der Waals surface area contributed by atoms with E-state index < -0.39 is 10.0 Å². The van der Waals surface area contributed by atoms with Crippen LogP contribution in [0, 0.1) is 12.3 Å². The molecule has 0 saturated heterocycles. The molecular weight excluding hydrogens is 262 g/mol. The highest BCUT2D eigenvalue weighted by Crippen LogP contribution is 2.21. The van der Waals surface area contributed by atoms with Crippen LogP contribution in [0.1, 0.15) is 18.5 Å². The summed E-state index contributed by atoms with van der Waals surface area (Å²) in [4.78, 5) is 0.292. The first-order valence-electron chi connectivity index (χ1n) is 6.23. The van der Waals surface area contributed by atoms with E-state index in [4.69, 9.17) is 6.42 Å². The average Bonchev–Trinajstić information content (AvgIpc) is 3.10. The van der Waals surface area contributed by atoms with Crippen LogP contribution in [0.3, 0.4) is 0 Å². The van der Waals surface area contributed by atoms with E-state index in [0.717, 1.165) is 5.69 Å². The third-order valence-corrected chi connectivity index (χ3v) is 5.02. The molecule has 19 heavy (non-hydrogen) atoms. The van der Waals surface area contributed by atoms with E-state index in [1.165, 1.54) is 24.2 Å². The molecule has 0 aliphatic heterocycles. The van der Waals surface area contributed by atoms with Crippen LogP contribution in [0.2, 0.25) is 0 Å². The van der Waals surface area contributed by atoms with E-state index in [0.29, 0.717) is 17.5 Å². The van der Waals surface area contributed by atoms with E-state index in [1.807, 2.05) is 11.6 Å². The Balaban J connectivity index is 2.16. The van der Waals surface area contributed by atoms with Gasteiger partial charge in [-0.25, -0.2) is 8.42 Å². The number of nitrogens with one attached hydrogen (secondary N) is 1. The normalized spacial score (nSPS) is 15.7. The summed E-state index contributed by atoms with van der Waals surface area (Å²) < 4.78 is 27.5. The van der Waals surface area contributed by atoms with Gasteiger partial charge < -0.3 is 9.88 Å². The Morgan fingerprint density at radius 1 is 1.58 bits per heavy atom. The van der Waals surface area contributed by atoms with Crippen LogP contribution in [0.5, 0.6) is 0 Å². The van der Waals surface area contributed by atoms with Gasteiger partial charge in [-0.05, 0) is 18.9 Å². The largest absolute Gasteiger partial charge is 0.352 e. The number of hydrogen-bond acceptors (Lipinski definition) is 3. The van der Waals surface area contributed by atoms with Crippen LogP contribution in [-0.4, -0.2) is 36.9 Å². The molecule has 6 heteroatoms. The molecule has 1 aromatic rings. The fourth-order valence-corrected chi connectivity index (χ4v) is 3.00. The van der Waals surface area contributed by atoms with Gasteiger partial charge in [-0.2, -0.15) is 4.31 Å². The summed E-state index contributed by atoms with van der Waals surface area (Å²) >= 11 is 0. The quantitative estimate of drug-likeness (QED) is 0.774. The van der Waals surface area contributed by atoms with Crippen LogP contribution in [0.4, 0.5) is 0 Å². The first kappa shape index (κ1) is 14.1. The molecule has 1 heterocycles. The molecule has 0 aromatic carbocycles. The number of hydrogen-bond donors (Lipinski definition) is 1. The highest BCUT2D eigenvalue weighted by atomic mass is 32.2. The van der Waals surface area contributed by atoms with Gasteiger partial charge in [0.05, 0.1) is 6.54 Å². The molecule has 0 amide bonds. The molecule has 1 aromatic heterocycles. The smallest absolute Gasteiger partial charge is 0.245 e. The zero-order chi connectivity index (χ0) is 14.0.